The van der Waals surface area contributed by atoms with Crippen molar-refractivity contribution in [3.63, 3.8) is 0 Å². The van der Waals surface area contributed by atoms with E-state index in [0.717, 1.165) is 48.7 Å². The molecule has 6 nitrogen and oxygen atoms in total. The van der Waals surface area contributed by atoms with Gasteiger partial charge in [0.25, 0.3) is 0 Å². The van der Waals surface area contributed by atoms with Gasteiger partial charge in [-0.2, -0.15) is 0 Å². The van der Waals surface area contributed by atoms with Crippen molar-refractivity contribution in [2.45, 2.75) is 18.9 Å². The molecule has 1 aromatic rings. The fraction of sp³-hybridized carbons (Fsp3) is 0.591. The molecule has 3 fully saturated rings. The Bertz CT molecular complexity index is 692. The van der Waals surface area contributed by atoms with Gasteiger partial charge in [-0.15, -0.1) is 6.58 Å². The van der Waals surface area contributed by atoms with E-state index in [-0.39, 0.29) is 0 Å². The zero-order chi connectivity index (χ0) is 20.8. The lowest BCUT2D eigenvalue weighted by Gasteiger charge is -2.50. The Labute approximate surface area is 180 Å². The van der Waals surface area contributed by atoms with Crippen LogP contribution < -0.4 is 20.1 Å². The highest BCUT2D eigenvalue weighted by Crippen LogP contribution is 2.36. The van der Waals surface area contributed by atoms with E-state index in [1.807, 2.05) is 24.3 Å². The van der Waals surface area contributed by atoms with Gasteiger partial charge in [0.1, 0.15) is 11.5 Å². The summed E-state index contributed by atoms with van der Waals surface area (Å²) >= 11 is 5.52. The van der Waals surface area contributed by atoms with Gasteiger partial charge in [0.2, 0.25) is 0 Å². The molecular formula is C22H34N4O2S. The van der Waals surface area contributed by atoms with Crippen molar-refractivity contribution in [3.05, 3.63) is 30.9 Å². The van der Waals surface area contributed by atoms with Gasteiger partial charge >= 0.3 is 0 Å². The van der Waals surface area contributed by atoms with Crippen LogP contribution in [-0.4, -0.2) is 74.9 Å². The predicted molar refractivity (Wildman–Crippen MR) is 123 cm³/mol. The van der Waals surface area contributed by atoms with Crippen LogP contribution in [0.25, 0.3) is 0 Å². The molecule has 1 aromatic carbocycles. The fourth-order valence-corrected chi connectivity index (χ4v) is 4.83. The largest absolute Gasteiger partial charge is 0.497 e. The maximum Gasteiger partial charge on any atom is 0.170 e. The van der Waals surface area contributed by atoms with Crippen LogP contribution in [0.5, 0.6) is 11.5 Å². The molecule has 4 unspecified atom stereocenters. The van der Waals surface area contributed by atoms with E-state index in [1.165, 1.54) is 25.9 Å². The minimum atomic E-state index is 0.550. The van der Waals surface area contributed by atoms with Crippen molar-refractivity contribution in [3.8, 4) is 11.5 Å². The first-order valence-corrected chi connectivity index (χ1v) is 10.7. The van der Waals surface area contributed by atoms with Crippen LogP contribution in [0.15, 0.2) is 30.9 Å². The number of rotatable bonds is 9. The number of ether oxygens (including phenoxy) is 2. The SMILES string of the molecule is C=CCN(C)CC1CN2CCC1CC2CNC(=S)Nc1cc(OC)cc(OC)c1. The van der Waals surface area contributed by atoms with Crippen molar-refractivity contribution in [1.82, 2.24) is 15.1 Å². The molecule has 0 aliphatic carbocycles. The Morgan fingerprint density at radius 2 is 2.03 bits per heavy atom. The van der Waals surface area contributed by atoms with Crippen LogP contribution in [0.2, 0.25) is 0 Å². The van der Waals surface area contributed by atoms with E-state index >= 15 is 0 Å². The topological polar surface area (TPSA) is 49.0 Å². The van der Waals surface area contributed by atoms with Crippen LogP contribution in [0.4, 0.5) is 5.69 Å². The van der Waals surface area contributed by atoms with Crippen LogP contribution in [0, 0.1) is 11.8 Å². The number of benzene rings is 1. The van der Waals surface area contributed by atoms with E-state index < -0.39 is 0 Å². The summed E-state index contributed by atoms with van der Waals surface area (Å²) in [6.45, 7) is 9.23. The molecule has 3 saturated heterocycles. The summed E-state index contributed by atoms with van der Waals surface area (Å²) in [7, 11) is 5.48. The summed E-state index contributed by atoms with van der Waals surface area (Å²) in [5, 5.41) is 7.29. The van der Waals surface area contributed by atoms with Gasteiger partial charge in [-0.3, -0.25) is 4.90 Å². The Balaban J connectivity index is 1.49. The first-order chi connectivity index (χ1) is 14.0. The van der Waals surface area contributed by atoms with Gasteiger partial charge in [0.15, 0.2) is 5.11 Å². The number of piperidine rings is 3. The molecule has 3 aliphatic rings. The van der Waals surface area contributed by atoms with E-state index in [9.17, 15) is 0 Å². The molecule has 2 bridgehead atoms. The second-order valence-electron chi connectivity index (χ2n) is 8.14. The number of anilines is 1. The third-order valence-corrected chi connectivity index (χ3v) is 6.35. The third-order valence-electron chi connectivity index (χ3n) is 6.11. The summed E-state index contributed by atoms with van der Waals surface area (Å²) in [5.41, 5.74) is 0.856. The first kappa shape index (κ1) is 21.9. The Morgan fingerprint density at radius 1 is 1.31 bits per heavy atom. The number of nitrogens with zero attached hydrogens (tertiary/aromatic N) is 2. The average molecular weight is 419 g/mol. The molecular weight excluding hydrogens is 384 g/mol. The van der Waals surface area contributed by atoms with Gasteiger partial charge in [-0.25, -0.2) is 0 Å². The highest BCUT2D eigenvalue weighted by molar-refractivity contribution is 7.80. The molecule has 2 N–H and O–H groups in total. The minimum Gasteiger partial charge on any atom is -0.497 e. The molecule has 29 heavy (non-hydrogen) atoms. The van der Waals surface area contributed by atoms with Crippen molar-refractivity contribution in [2.24, 2.45) is 11.8 Å². The summed E-state index contributed by atoms with van der Waals surface area (Å²) in [4.78, 5) is 5.02. The molecule has 3 aliphatic heterocycles. The summed E-state index contributed by atoms with van der Waals surface area (Å²) < 4.78 is 10.6. The standard InChI is InChI=1S/C22H34N4O2S/c1-5-7-25(2)14-17-15-26-8-6-16(17)9-19(26)13-23-22(29)24-18-10-20(27-3)12-21(11-18)28-4/h5,10-12,16-17,19H,1,6-9,13-15H2,2-4H3,(H2,23,24,29). The van der Waals surface area contributed by atoms with Gasteiger partial charge in [0, 0.05) is 56.1 Å². The number of hydrogen-bond acceptors (Lipinski definition) is 5. The molecule has 160 valence electrons. The molecule has 0 radical (unpaired) electrons. The Hall–Kier alpha value is -1.83. The molecule has 3 heterocycles. The number of methoxy groups -OCH3 is 2. The molecule has 0 aromatic heterocycles. The Morgan fingerprint density at radius 3 is 2.62 bits per heavy atom. The zero-order valence-corrected chi connectivity index (χ0v) is 18.6. The van der Waals surface area contributed by atoms with Gasteiger partial charge < -0.3 is 25.0 Å². The van der Waals surface area contributed by atoms with E-state index in [0.29, 0.717) is 11.2 Å². The second-order valence-corrected chi connectivity index (χ2v) is 8.55. The van der Waals surface area contributed by atoms with Crippen molar-refractivity contribution >= 4 is 23.0 Å². The van der Waals surface area contributed by atoms with Gasteiger partial charge in [-0.05, 0) is 50.5 Å². The lowest BCUT2D eigenvalue weighted by Crippen LogP contribution is -2.58. The van der Waals surface area contributed by atoms with Crippen LogP contribution in [-0.2, 0) is 0 Å². The summed E-state index contributed by atoms with van der Waals surface area (Å²) in [6, 6.07) is 6.21. The number of thiocarbonyl (C=S) groups is 1. The van der Waals surface area contributed by atoms with Gasteiger partial charge in [-0.1, -0.05) is 6.08 Å². The van der Waals surface area contributed by atoms with E-state index in [2.05, 4.69) is 34.1 Å². The number of hydrogen-bond donors (Lipinski definition) is 2. The smallest absolute Gasteiger partial charge is 0.170 e. The molecule has 0 saturated carbocycles. The van der Waals surface area contributed by atoms with Crippen molar-refractivity contribution in [1.29, 1.82) is 0 Å². The normalized spacial score (nSPS) is 25.5. The molecule has 0 spiro atoms. The monoisotopic (exact) mass is 418 g/mol. The van der Waals surface area contributed by atoms with Crippen molar-refractivity contribution in [2.75, 3.05) is 59.3 Å². The maximum absolute atomic E-state index is 5.52. The molecule has 4 atom stereocenters. The molecule has 7 heteroatoms. The number of nitrogens with one attached hydrogen (secondary N) is 2. The fourth-order valence-electron chi connectivity index (χ4n) is 4.63. The lowest BCUT2D eigenvalue weighted by molar-refractivity contribution is -0.00663. The number of likely N-dealkylation sites (N-methyl/N-ethyl adjacent to an activating group) is 1. The van der Waals surface area contributed by atoms with E-state index in [1.54, 1.807) is 14.2 Å². The summed E-state index contributed by atoms with van der Waals surface area (Å²) in [5.74, 6) is 3.04. The van der Waals surface area contributed by atoms with Crippen LogP contribution >= 0.6 is 12.2 Å². The van der Waals surface area contributed by atoms with Crippen LogP contribution in [0.1, 0.15) is 12.8 Å². The zero-order valence-electron chi connectivity index (χ0n) is 17.8. The quantitative estimate of drug-likeness (QED) is 0.472. The molecule has 0 amide bonds. The molecule has 4 rings (SSSR count). The highest BCUT2D eigenvalue weighted by Gasteiger charge is 2.40. The van der Waals surface area contributed by atoms with Crippen LogP contribution in [0.3, 0.4) is 0 Å². The maximum atomic E-state index is 5.52. The average Bonchev–Trinajstić information content (AvgIpc) is 2.72. The number of fused-ring (bicyclic) bond motifs is 3. The Kier molecular flexibility index (Phi) is 7.75. The van der Waals surface area contributed by atoms with Crippen molar-refractivity contribution < 1.29 is 9.47 Å². The predicted octanol–water partition coefficient (Wildman–Crippen LogP) is 2.82. The third kappa shape index (κ3) is 5.84. The van der Waals surface area contributed by atoms with E-state index in [4.69, 9.17) is 21.7 Å². The summed E-state index contributed by atoms with van der Waals surface area (Å²) in [6.07, 6.45) is 4.55. The second kappa shape index (κ2) is 10.3. The first-order valence-electron chi connectivity index (χ1n) is 10.3. The highest BCUT2D eigenvalue weighted by atomic mass is 32.1. The minimum absolute atomic E-state index is 0.550. The lowest BCUT2D eigenvalue weighted by atomic mass is 9.75. The van der Waals surface area contributed by atoms with Gasteiger partial charge in [0.05, 0.1) is 14.2 Å².